The highest BCUT2D eigenvalue weighted by molar-refractivity contribution is 5.88. The van der Waals surface area contributed by atoms with Crippen LogP contribution in [0.3, 0.4) is 0 Å². The first kappa shape index (κ1) is 15.7. The van der Waals surface area contributed by atoms with E-state index in [0.717, 1.165) is 0 Å². The number of benzene rings is 2. The number of hydrogen-bond acceptors (Lipinski definition) is 4. The summed E-state index contributed by atoms with van der Waals surface area (Å²) in [6.07, 6.45) is -0.565. The molecule has 0 aliphatic rings. The first-order valence-electron chi connectivity index (χ1n) is 7.63. The SMILES string of the molecule is CCOC(=O)Nc1ccccc1-n1c(C)nc2ccccc2c1=O. The van der Waals surface area contributed by atoms with Crippen LogP contribution in [0.5, 0.6) is 0 Å². The molecule has 1 aromatic heterocycles. The van der Waals surface area contributed by atoms with Gasteiger partial charge >= 0.3 is 6.09 Å². The Morgan fingerprint density at radius 2 is 1.88 bits per heavy atom. The highest BCUT2D eigenvalue weighted by atomic mass is 16.5. The largest absolute Gasteiger partial charge is 0.450 e. The summed E-state index contributed by atoms with van der Waals surface area (Å²) in [6.45, 7) is 3.76. The van der Waals surface area contributed by atoms with Crippen molar-refractivity contribution < 1.29 is 9.53 Å². The lowest BCUT2D eigenvalue weighted by Gasteiger charge is -2.15. The predicted octanol–water partition coefficient (Wildman–Crippen LogP) is 3.26. The van der Waals surface area contributed by atoms with E-state index in [-0.39, 0.29) is 12.2 Å². The Bertz CT molecular complexity index is 963. The quantitative estimate of drug-likeness (QED) is 0.803. The molecule has 3 rings (SSSR count). The topological polar surface area (TPSA) is 73.2 Å². The summed E-state index contributed by atoms with van der Waals surface area (Å²) in [4.78, 5) is 29.1. The van der Waals surface area contributed by atoms with Gasteiger partial charge < -0.3 is 4.74 Å². The molecule has 1 heterocycles. The molecule has 0 fully saturated rings. The van der Waals surface area contributed by atoms with Crippen molar-refractivity contribution in [1.29, 1.82) is 0 Å². The van der Waals surface area contributed by atoms with Gasteiger partial charge in [-0.25, -0.2) is 9.78 Å². The Morgan fingerprint density at radius 1 is 1.17 bits per heavy atom. The van der Waals surface area contributed by atoms with Crippen LogP contribution in [-0.4, -0.2) is 22.3 Å². The van der Waals surface area contributed by atoms with Crippen LogP contribution in [0.4, 0.5) is 10.5 Å². The van der Waals surface area contributed by atoms with Crippen LogP contribution in [0.2, 0.25) is 0 Å². The van der Waals surface area contributed by atoms with Crippen LogP contribution >= 0.6 is 0 Å². The number of aromatic nitrogens is 2. The molecule has 0 unspecified atom stereocenters. The number of ether oxygens (including phenoxy) is 1. The maximum Gasteiger partial charge on any atom is 0.411 e. The van der Waals surface area contributed by atoms with Gasteiger partial charge in [-0.05, 0) is 38.1 Å². The van der Waals surface area contributed by atoms with Crippen molar-refractivity contribution in [2.24, 2.45) is 0 Å². The highest BCUT2D eigenvalue weighted by Crippen LogP contribution is 2.21. The molecule has 6 heteroatoms. The van der Waals surface area contributed by atoms with E-state index >= 15 is 0 Å². The smallest absolute Gasteiger partial charge is 0.411 e. The lowest BCUT2D eigenvalue weighted by Crippen LogP contribution is -2.24. The molecule has 0 aliphatic carbocycles. The number of nitrogens with zero attached hydrogens (tertiary/aromatic N) is 2. The summed E-state index contributed by atoms with van der Waals surface area (Å²) in [5, 5.41) is 3.19. The molecule has 0 saturated heterocycles. The molecule has 24 heavy (non-hydrogen) atoms. The first-order valence-corrected chi connectivity index (χ1v) is 7.63. The van der Waals surface area contributed by atoms with Gasteiger partial charge in [0.1, 0.15) is 5.82 Å². The molecular weight excluding hydrogens is 306 g/mol. The van der Waals surface area contributed by atoms with Crippen LogP contribution in [0, 0.1) is 6.92 Å². The monoisotopic (exact) mass is 323 g/mol. The van der Waals surface area contributed by atoms with Crippen LogP contribution in [0.1, 0.15) is 12.7 Å². The number of carbonyl (C=O) groups excluding carboxylic acids is 1. The molecule has 0 saturated carbocycles. The number of rotatable bonds is 3. The Labute approximate surface area is 138 Å². The fraction of sp³-hybridized carbons (Fsp3) is 0.167. The number of carbonyl (C=O) groups is 1. The van der Waals surface area contributed by atoms with E-state index in [9.17, 15) is 9.59 Å². The number of aryl methyl sites for hydroxylation is 1. The molecule has 3 aromatic rings. The zero-order valence-electron chi connectivity index (χ0n) is 13.4. The van der Waals surface area contributed by atoms with Crippen LogP contribution in [0.15, 0.2) is 53.3 Å². The minimum Gasteiger partial charge on any atom is -0.450 e. The van der Waals surface area contributed by atoms with Gasteiger partial charge in [0.2, 0.25) is 0 Å². The average molecular weight is 323 g/mol. The summed E-state index contributed by atoms with van der Waals surface area (Å²) in [6, 6.07) is 14.2. The molecule has 0 radical (unpaired) electrons. The Kier molecular flexibility index (Phi) is 4.29. The molecule has 0 bridgehead atoms. The normalized spacial score (nSPS) is 10.6. The number of anilines is 1. The molecule has 122 valence electrons. The Hall–Kier alpha value is -3.15. The molecule has 1 N–H and O–H groups in total. The van der Waals surface area contributed by atoms with Crippen LogP contribution in [-0.2, 0) is 4.74 Å². The van der Waals surface area contributed by atoms with E-state index in [1.807, 2.05) is 6.07 Å². The molecule has 2 aromatic carbocycles. The third-order valence-electron chi connectivity index (χ3n) is 3.60. The van der Waals surface area contributed by atoms with Gasteiger partial charge in [0.05, 0.1) is 28.9 Å². The summed E-state index contributed by atoms with van der Waals surface area (Å²) in [5.74, 6) is 0.539. The Balaban J connectivity index is 2.18. The van der Waals surface area contributed by atoms with Gasteiger partial charge in [-0.15, -0.1) is 0 Å². The molecule has 0 spiro atoms. The van der Waals surface area contributed by atoms with Gasteiger partial charge in [-0.1, -0.05) is 24.3 Å². The van der Waals surface area contributed by atoms with Crippen LogP contribution < -0.4 is 10.9 Å². The molecule has 1 amide bonds. The number of nitrogens with one attached hydrogen (secondary N) is 1. The van der Waals surface area contributed by atoms with Gasteiger partial charge in [0, 0.05) is 0 Å². The van der Waals surface area contributed by atoms with Crippen LogP contribution in [0.25, 0.3) is 16.6 Å². The number of amides is 1. The van der Waals surface area contributed by atoms with Crippen molar-refractivity contribution >= 4 is 22.7 Å². The third-order valence-corrected chi connectivity index (χ3v) is 3.60. The van der Waals surface area contributed by atoms with E-state index in [1.54, 1.807) is 56.3 Å². The van der Waals surface area contributed by atoms with E-state index in [1.165, 1.54) is 4.57 Å². The highest BCUT2D eigenvalue weighted by Gasteiger charge is 2.14. The lowest BCUT2D eigenvalue weighted by molar-refractivity contribution is 0.168. The minimum absolute atomic E-state index is 0.184. The number of hydrogen-bond donors (Lipinski definition) is 1. The maximum absolute atomic E-state index is 12.9. The summed E-state index contributed by atoms with van der Waals surface area (Å²) >= 11 is 0. The van der Waals surface area contributed by atoms with Gasteiger partial charge in [0.15, 0.2) is 0 Å². The molecule has 6 nitrogen and oxygen atoms in total. The molecular formula is C18H17N3O3. The second kappa shape index (κ2) is 6.54. The van der Waals surface area contributed by atoms with E-state index in [0.29, 0.717) is 28.1 Å². The standard InChI is InChI=1S/C18H17N3O3/c1-3-24-18(23)20-15-10-6-7-11-16(15)21-12(2)19-14-9-5-4-8-13(14)17(21)22/h4-11H,3H2,1-2H3,(H,20,23). The minimum atomic E-state index is -0.565. The van der Waals surface area contributed by atoms with Crippen molar-refractivity contribution in [1.82, 2.24) is 9.55 Å². The predicted molar refractivity (Wildman–Crippen MR) is 92.7 cm³/mol. The zero-order chi connectivity index (χ0) is 17.1. The number of fused-ring (bicyclic) bond motifs is 1. The second-order valence-corrected chi connectivity index (χ2v) is 5.18. The third kappa shape index (κ3) is 2.86. The van der Waals surface area contributed by atoms with Gasteiger partial charge in [-0.3, -0.25) is 14.7 Å². The van der Waals surface area contributed by atoms with Crippen molar-refractivity contribution in [3.63, 3.8) is 0 Å². The van der Waals surface area contributed by atoms with Gasteiger partial charge in [0.25, 0.3) is 5.56 Å². The fourth-order valence-corrected chi connectivity index (χ4v) is 2.58. The van der Waals surface area contributed by atoms with E-state index in [4.69, 9.17) is 4.74 Å². The zero-order valence-corrected chi connectivity index (χ0v) is 13.4. The number of para-hydroxylation sites is 3. The van der Waals surface area contributed by atoms with E-state index < -0.39 is 6.09 Å². The Morgan fingerprint density at radius 3 is 2.67 bits per heavy atom. The van der Waals surface area contributed by atoms with Crippen molar-refractivity contribution in [3.8, 4) is 5.69 Å². The second-order valence-electron chi connectivity index (χ2n) is 5.18. The average Bonchev–Trinajstić information content (AvgIpc) is 2.56. The summed E-state index contributed by atoms with van der Waals surface area (Å²) in [7, 11) is 0. The van der Waals surface area contributed by atoms with E-state index in [2.05, 4.69) is 10.3 Å². The maximum atomic E-state index is 12.9. The van der Waals surface area contributed by atoms with Gasteiger partial charge in [-0.2, -0.15) is 0 Å². The lowest BCUT2D eigenvalue weighted by atomic mass is 10.2. The first-order chi connectivity index (χ1) is 11.6. The fourth-order valence-electron chi connectivity index (χ4n) is 2.58. The molecule has 0 aliphatic heterocycles. The van der Waals surface area contributed by atoms with Crippen molar-refractivity contribution in [2.45, 2.75) is 13.8 Å². The summed E-state index contributed by atoms with van der Waals surface area (Å²) in [5.41, 5.74) is 1.49. The summed E-state index contributed by atoms with van der Waals surface area (Å²) < 4.78 is 6.40. The molecule has 0 atom stereocenters. The van der Waals surface area contributed by atoms with Crippen molar-refractivity contribution in [3.05, 3.63) is 64.7 Å². The van der Waals surface area contributed by atoms with Crippen molar-refractivity contribution in [2.75, 3.05) is 11.9 Å².